The van der Waals surface area contributed by atoms with Crippen molar-refractivity contribution in [2.24, 2.45) is 5.92 Å². The van der Waals surface area contributed by atoms with Crippen LogP contribution in [0.5, 0.6) is 0 Å². The normalized spacial score (nSPS) is 28.9. The summed E-state index contributed by atoms with van der Waals surface area (Å²) in [6, 6.07) is 7.63. The monoisotopic (exact) mass is 520 g/mol. The Morgan fingerprint density at radius 1 is 1.08 bits per heavy atom. The van der Waals surface area contributed by atoms with Crippen LogP contribution in [0.15, 0.2) is 48.9 Å². The Balaban J connectivity index is 1.45. The molecular formula is C27H33BN4O6. The molecular weight excluding hydrogens is 487 g/mol. The minimum Gasteiger partial charge on any atom is -0.600 e. The summed E-state index contributed by atoms with van der Waals surface area (Å²) < 4.78 is 12.1. The van der Waals surface area contributed by atoms with Gasteiger partial charge in [-0.05, 0) is 30.1 Å². The van der Waals surface area contributed by atoms with Gasteiger partial charge in [0.2, 0.25) is 0 Å². The summed E-state index contributed by atoms with van der Waals surface area (Å²) in [6.45, 7) is 1.60. The van der Waals surface area contributed by atoms with E-state index in [1.165, 1.54) is 18.6 Å². The van der Waals surface area contributed by atoms with Crippen LogP contribution in [-0.2, 0) is 30.1 Å². The number of amides is 1. The standard InChI is InChI=1S/C27H33BN4O6/c1-17(2)13-19(28-32(3)22(26(35)37-28)9-10-23(32)27(36)38-28)15-24(33)20(14-18-7-5-4-6-8-18)31-25(34)21-16-29-11-12-30-21/h4-8,11-12,16-17,19-20,22-23H,9-10,13-15H2,1-3H3,(H,31,34)/t19-,20+,22-,23+,28?,32?/m1/s1. The van der Waals surface area contributed by atoms with E-state index in [0.717, 1.165) is 5.56 Å². The summed E-state index contributed by atoms with van der Waals surface area (Å²) in [5, 5.41) is 2.84. The Kier molecular flexibility index (Phi) is 6.81. The second-order valence-corrected chi connectivity index (χ2v) is 11.3. The Labute approximate surface area is 221 Å². The molecule has 4 heterocycles. The number of quaternary nitrogens is 1. The van der Waals surface area contributed by atoms with Gasteiger partial charge >= 0.3 is 18.6 Å². The van der Waals surface area contributed by atoms with Crippen LogP contribution in [0, 0.1) is 5.92 Å². The lowest BCUT2D eigenvalue weighted by molar-refractivity contribution is -0.829. The fourth-order valence-electron chi connectivity index (χ4n) is 6.82. The average molecular weight is 520 g/mol. The van der Waals surface area contributed by atoms with Crippen LogP contribution in [0.25, 0.3) is 0 Å². The highest BCUT2D eigenvalue weighted by atomic mass is 16.7. The molecule has 3 saturated heterocycles. The summed E-state index contributed by atoms with van der Waals surface area (Å²) >= 11 is 0. The molecule has 0 aliphatic carbocycles. The molecule has 10 nitrogen and oxygen atoms in total. The van der Waals surface area contributed by atoms with E-state index in [-0.39, 0.29) is 46.6 Å². The van der Waals surface area contributed by atoms with Crippen molar-refractivity contribution in [2.75, 3.05) is 7.05 Å². The molecule has 2 aromatic rings. The molecule has 0 saturated carbocycles. The van der Waals surface area contributed by atoms with Gasteiger partial charge in [-0.3, -0.25) is 14.6 Å². The topological polar surface area (TPSA) is 125 Å². The molecule has 1 aromatic heterocycles. The molecule has 3 fully saturated rings. The fraction of sp³-hybridized carbons (Fsp3) is 0.481. The van der Waals surface area contributed by atoms with Crippen LogP contribution in [0.1, 0.15) is 55.6 Å². The van der Waals surface area contributed by atoms with Crippen LogP contribution in [-0.4, -0.2) is 69.9 Å². The third-order valence-electron chi connectivity index (χ3n) is 8.55. The van der Waals surface area contributed by atoms with Gasteiger partial charge in [0.25, 0.3) is 5.91 Å². The lowest BCUT2D eigenvalue weighted by Crippen LogP contribution is -2.66. The number of Topliss-reactive ketones (excluding diaryl/α,β-unsaturated/α-hetero) is 1. The Morgan fingerprint density at radius 2 is 1.74 bits per heavy atom. The number of likely N-dealkylation sites (N-methyl/N-ethyl adjacent to an activating group) is 1. The molecule has 5 rings (SSSR count). The number of rotatable bonds is 10. The lowest BCUT2D eigenvalue weighted by Gasteiger charge is -2.47. The van der Waals surface area contributed by atoms with Gasteiger partial charge in [0, 0.05) is 32.3 Å². The van der Waals surface area contributed by atoms with Crippen LogP contribution < -0.4 is 5.32 Å². The molecule has 1 aromatic carbocycles. The van der Waals surface area contributed by atoms with E-state index in [9.17, 15) is 19.2 Å². The average Bonchev–Trinajstić information content (AvgIpc) is 3.45. The van der Waals surface area contributed by atoms with Crippen molar-refractivity contribution in [3.05, 3.63) is 60.2 Å². The molecule has 1 N–H and O–H groups in total. The molecule has 11 heteroatoms. The third-order valence-corrected chi connectivity index (χ3v) is 8.55. The maximum Gasteiger partial charge on any atom is 0.587 e. The number of nitrogens with one attached hydrogen (secondary N) is 1. The molecule has 0 spiro atoms. The molecule has 0 radical (unpaired) electrons. The highest BCUT2D eigenvalue weighted by Gasteiger charge is 2.78. The Morgan fingerprint density at radius 3 is 2.32 bits per heavy atom. The van der Waals surface area contributed by atoms with Crippen LogP contribution in [0.3, 0.4) is 0 Å². The van der Waals surface area contributed by atoms with Gasteiger partial charge in [-0.1, -0.05) is 50.6 Å². The van der Waals surface area contributed by atoms with E-state index >= 15 is 0 Å². The summed E-state index contributed by atoms with van der Waals surface area (Å²) in [7, 11) is 1.87. The first kappa shape index (κ1) is 26.0. The number of benzene rings is 1. The summed E-state index contributed by atoms with van der Waals surface area (Å²) in [6.07, 6.45) is 6.14. The van der Waals surface area contributed by atoms with Crippen LogP contribution in [0.4, 0.5) is 0 Å². The van der Waals surface area contributed by atoms with Gasteiger partial charge in [0.1, 0.15) is 17.8 Å². The molecule has 38 heavy (non-hydrogen) atoms. The Bertz CT molecular complexity index is 1210. The molecule has 3 aliphatic rings. The molecule has 200 valence electrons. The maximum absolute atomic E-state index is 14.0. The SMILES string of the molecule is CC(C)C[C@H](CC(=O)[C@H](Cc1ccccc1)NC(=O)c1cnccn1)[B-]12OC(=O)[C@H]3CC[C@@H](C(=O)O1)[N+]32C. The van der Waals surface area contributed by atoms with E-state index in [1.54, 1.807) is 0 Å². The first-order valence-electron chi connectivity index (χ1n) is 13.2. The van der Waals surface area contributed by atoms with Gasteiger partial charge in [0.05, 0.1) is 12.2 Å². The van der Waals surface area contributed by atoms with E-state index in [4.69, 9.17) is 9.31 Å². The number of aromatic nitrogens is 2. The summed E-state index contributed by atoms with van der Waals surface area (Å²) in [5.74, 6) is -1.82. The fourth-order valence-corrected chi connectivity index (χ4v) is 6.82. The van der Waals surface area contributed by atoms with Crippen molar-refractivity contribution in [3.63, 3.8) is 0 Å². The zero-order valence-electron chi connectivity index (χ0n) is 21.9. The number of carbonyl (C=O) groups excluding carboxylic acids is 4. The van der Waals surface area contributed by atoms with Crippen molar-refractivity contribution < 1.29 is 32.9 Å². The number of carbonyl (C=O) groups is 4. The van der Waals surface area contributed by atoms with Gasteiger partial charge in [0.15, 0.2) is 5.78 Å². The zero-order valence-corrected chi connectivity index (χ0v) is 21.9. The van der Waals surface area contributed by atoms with E-state index in [0.29, 0.717) is 19.3 Å². The molecule has 3 aliphatic heterocycles. The van der Waals surface area contributed by atoms with Gasteiger partial charge in [-0.25, -0.2) is 14.6 Å². The predicted molar refractivity (Wildman–Crippen MR) is 137 cm³/mol. The van der Waals surface area contributed by atoms with E-state index in [2.05, 4.69) is 15.3 Å². The van der Waals surface area contributed by atoms with Crippen molar-refractivity contribution in [3.8, 4) is 0 Å². The Hall–Kier alpha value is -3.60. The maximum atomic E-state index is 14.0. The van der Waals surface area contributed by atoms with Crippen LogP contribution >= 0.6 is 0 Å². The second-order valence-electron chi connectivity index (χ2n) is 11.3. The smallest absolute Gasteiger partial charge is 0.587 e. The minimum atomic E-state index is -2.44. The van der Waals surface area contributed by atoms with Gasteiger partial charge in [-0.2, -0.15) is 0 Å². The van der Waals surface area contributed by atoms with E-state index in [1.807, 2.05) is 51.2 Å². The van der Waals surface area contributed by atoms with Crippen molar-refractivity contribution in [1.29, 1.82) is 0 Å². The zero-order chi connectivity index (χ0) is 27.1. The minimum absolute atomic E-state index is 0.00965. The van der Waals surface area contributed by atoms with Crippen molar-refractivity contribution in [1.82, 2.24) is 15.3 Å². The molecule has 2 unspecified atom stereocenters. The molecule has 0 bridgehead atoms. The number of hydrogen-bond donors (Lipinski definition) is 1. The molecule has 1 amide bonds. The number of ketones is 1. The summed E-state index contributed by atoms with van der Waals surface area (Å²) in [5.41, 5.74) is 0.989. The molecule has 6 atom stereocenters. The first-order chi connectivity index (χ1) is 18.2. The van der Waals surface area contributed by atoms with Gasteiger partial charge < -0.3 is 19.0 Å². The van der Waals surface area contributed by atoms with Crippen LogP contribution in [0.2, 0.25) is 5.82 Å². The largest absolute Gasteiger partial charge is 0.600 e. The number of nitrogens with zero attached hydrogens (tertiary/aromatic N) is 3. The van der Waals surface area contributed by atoms with Crippen molar-refractivity contribution >= 4 is 30.3 Å². The predicted octanol–water partition coefficient (Wildman–Crippen LogP) is 2.22. The lowest BCUT2D eigenvalue weighted by atomic mass is 9.51. The third kappa shape index (κ3) is 4.28. The second kappa shape index (κ2) is 9.94. The first-order valence-corrected chi connectivity index (χ1v) is 13.2. The quantitative estimate of drug-likeness (QED) is 0.473. The van der Waals surface area contributed by atoms with E-state index < -0.39 is 36.5 Å². The number of hydrogen-bond acceptors (Lipinski definition) is 8. The summed E-state index contributed by atoms with van der Waals surface area (Å²) in [4.78, 5) is 60.8. The van der Waals surface area contributed by atoms with Gasteiger partial charge in [-0.15, -0.1) is 0 Å². The highest BCUT2D eigenvalue weighted by molar-refractivity contribution is 6.68. The highest BCUT2D eigenvalue weighted by Crippen LogP contribution is 2.55. The van der Waals surface area contributed by atoms with Crippen molar-refractivity contribution in [2.45, 2.75) is 69.9 Å².